The van der Waals surface area contributed by atoms with Crippen molar-refractivity contribution in [1.82, 2.24) is 14.9 Å². The molecule has 248 valence electrons. The lowest BCUT2D eigenvalue weighted by Gasteiger charge is -2.39. The largest absolute Gasteiger partial charge is 0.412 e. The van der Waals surface area contributed by atoms with Crippen molar-refractivity contribution < 1.29 is 9.96 Å². The van der Waals surface area contributed by atoms with Crippen LogP contribution in [0.2, 0.25) is 0 Å². The highest BCUT2D eigenvalue weighted by Gasteiger charge is 2.24. The van der Waals surface area contributed by atoms with Gasteiger partial charge < -0.3 is 19.8 Å². The molecule has 0 aliphatic heterocycles. The van der Waals surface area contributed by atoms with E-state index in [0.717, 1.165) is 33.9 Å². The van der Waals surface area contributed by atoms with Gasteiger partial charge in [-0.2, -0.15) is 0 Å². The van der Waals surface area contributed by atoms with Crippen molar-refractivity contribution in [2.24, 2.45) is 0 Å². The molecule has 3 N–H and O–H groups in total. The van der Waals surface area contributed by atoms with Crippen LogP contribution in [0.1, 0.15) is 79.1 Å². The molecular formula is C40H63N4O+. The molecule has 4 aromatic rings. The smallest absolute Gasteiger partial charge is 0.138 e. The molecule has 0 amide bonds. The van der Waals surface area contributed by atoms with Crippen LogP contribution in [0, 0.1) is 0 Å². The predicted octanol–water partition coefficient (Wildman–Crippen LogP) is 9.77. The Morgan fingerprint density at radius 2 is 0.867 bits per heavy atom. The Bertz CT molecular complexity index is 1140. The van der Waals surface area contributed by atoms with E-state index in [1.54, 1.807) is 0 Å². The van der Waals surface area contributed by atoms with E-state index in [1.807, 2.05) is 80.6 Å². The third kappa shape index (κ3) is 14.6. The summed E-state index contributed by atoms with van der Waals surface area (Å²) >= 11 is 0. The number of nitrogens with zero attached hydrogens (tertiary/aromatic N) is 3. The van der Waals surface area contributed by atoms with Crippen LogP contribution in [-0.2, 0) is 0 Å². The molecule has 0 spiro atoms. The Hall–Kier alpha value is -3.25. The fourth-order valence-corrected chi connectivity index (χ4v) is 5.37. The van der Waals surface area contributed by atoms with Crippen molar-refractivity contribution in [3.05, 3.63) is 91.0 Å². The van der Waals surface area contributed by atoms with Gasteiger partial charge in [0.15, 0.2) is 0 Å². The standard InChI is InChI=1S/C21H16N2.C16H36N.C3H9N.H2O/c1-4-10-16(11-5-1)19-20(17-12-6-2-7-13-17)23-21(22-19)18-14-8-3-9-15-18;1-5-9-13-17(14-10-6-2,15-11-7-3)16-12-8-4;1-4(2)3;/h1-15H,(H,22,23);5-16H2,1-4H3;1-3H3;1H2/q;+1;;. The van der Waals surface area contributed by atoms with Crippen LogP contribution in [0.15, 0.2) is 91.0 Å². The van der Waals surface area contributed by atoms with Gasteiger partial charge in [-0.05, 0) is 46.8 Å². The molecule has 5 heteroatoms. The predicted molar refractivity (Wildman–Crippen MR) is 197 cm³/mol. The molecule has 1 heterocycles. The first kappa shape index (κ1) is 39.8. The van der Waals surface area contributed by atoms with Crippen molar-refractivity contribution in [3.63, 3.8) is 0 Å². The monoisotopic (exact) mass is 615 g/mol. The molecule has 0 saturated heterocycles. The van der Waals surface area contributed by atoms with Crippen LogP contribution in [0.5, 0.6) is 0 Å². The number of hydrogen-bond acceptors (Lipinski definition) is 2. The number of aromatic nitrogens is 2. The Morgan fingerprint density at radius 1 is 0.533 bits per heavy atom. The van der Waals surface area contributed by atoms with E-state index in [9.17, 15) is 0 Å². The summed E-state index contributed by atoms with van der Waals surface area (Å²) in [6.45, 7) is 15.0. The Balaban J connectivity index is 0.000000411. The molecule has 0 atom stereocenters. The number of quaternary nitrogens is 1. The highest BCUT2D eigenvalue weighted by atomic mass is 16.0. The molecule has 0 aliphatic carbocycles. The highest BCUT2D eigenvalue weighted by molar-refractivity contribution is 5.81. The average molecular weight is 616 g/mol. The molecule has 0 bridgehead atoms. The minimum atomic E-state index is 0. The van der Waals surface area contributed by atoms with Gasteiger partial charge in [-0.25, -0.2) is 4.98 Å². The van der Waals surface area contributed by atoms with Gasteiger partial charge in [-0.1, -0.05) is 144 Å². The molecule has 1 aromatic heterocycles. The van der Waals surface area contributed by atoms with Gasteiger partial charge in [-0.3, -0.25) is 0 Å². The number of aromatic amines is 1. The van der Waals surface area contributed by atoms with Crippen LogP contribution < -0.4 is 0 Å². The molecule has 5 nitrogen and oxygen atoms in total. The second-order valence-corrected chi connectivity index (χ2v) is 12.4. The van der Waals surface area contributed by atoms with Crippen molar-refractivity contribution in [3.8, 4) is 33.9 Å². The maximum atomic E-state index is 4.87. The lowest BCUT2D eigenvalue weighted by molar-refractivity contribution is -0.929. The van der Waals surface area contributed by atoms with Crippen molar-refractivity contribution in [1.29, 1.82) is 0 Å². The number of rotatable bonds is 15. The van der Waals surface area contributed by atoms with Crippen LogP contribution in [0.25, 0.3) is 33.9 Å². The van der Waals surface area contributed by atoms with Crippen molar-refractivity contribution >= 4 is 0 Å². The summed E-state index contributed by atoms with van der Waals surface area (Å²) in [5.41, 5.74) is 5.38. The molecular weight excluding hydrogens is 552 g/mol. The van der Waals surface area contributed by atoms with Crippen molar-refractivity contribution in [2.75, 3.05) is 47.3 Å². The van der Waals surface area contributed by atoms with E-state index < -0.39 is 0 Å². The SMILES string of the molecule is CCCC[N+](CCCC)(CCCC)CCCC.CN(C)C.O.c1ccc(-c2nc(-c3ccccc3)c(-c3ccccc3)[nH]2)cc1. The molecule has 0 saturated carbocycles. The fraction of sp³-hybridized carbons (Fsp3) is 0.475. The minimum Gasteiger partial charge on any atom is -0.412 e. The third-order valence-corrected chi connectivity index (χ3v) is 7.80. The van der Waals surface area contributed by atoms with Gasteiger partial charge >= 0.3 is 0 Å². The first-order valence-corrected chi connectivity index (χ1v) is 17.1. The first-order valence-electron chi connectivity index (χ1n) is 17.1. The zero-order valence-corrected chi connectivity index (χ0v) is 29.5. The molecule has 4 rings (SSSR count). The van der Waals surface area contributed by atoms with Gasteiger partial charge in [0.1, 0.15) is 5.82 Å². The lowest BCUT2D eigenvalue weighted by Crippen LogP contribution is -2.50. The summed E-state index contributed by atoms with van der Waals surface area (Å²) in [6.07, 6.45) is 11.1. The molecule has 0 aliphatic rings. The van der Waals surface area contributed by atoms with Crippen LogP contribution >= 0.6 is 0 Å². The van der Waals surface area contributed by atoms with Crippen molar-refractivity contribution in [2.45, 2.75) is 79.1 Å². The summed E-state index contributed by atoms with van der Waals surface area (Å²) in [5.74, 6) is 0.892. The highest BCUT2D eigenvalue weighted by Crippen LogP contribution is 2.32. The summed E-state index contributed by atoms with van der Waals surface area (Å²) in [4.78, 5) is 10.4. The molecule has 0 radical (unpaired) electrons. The zero-order chi connectivity index (χ0) is 32.0. The second kappa shape index (κ2) is 23.1. The number of imidazole rings is 1. The van der Waals surface area contributed by atoms with Gasteiger partial charge in [0.2, 0.25) is 0 Å². The van der Waals surface area contributed by atoms with Gasteiger partial charge in [0.25, 0.3) is 0 Å². The summed E-state index contributed by atoms with van der Waals surface area (Å²) < 4.78 is 1.42. The number of H-pyrrole nitrogens is 1. The number of nitrogens with one attached hydrogen (secondary N) is 1. The Morgan fingerprint density at radius 3 is 1.22 bits per heavy atom. The van der Waals surface area contributed by atoms with E-state index in [2.05, 4.69) is 69.1 Å². The van der Waals surface area contributed by atoms with Crippen LogP contribution in [0.4, 0.5) is 0 Å². The fourth-order valence-electron chi connectivity index (χ4n) is 5.37. The molecule has 0 unspecified atom stereocenters. The number of unbranched alkanes of at least 4 members (excludes halogenated alkanes) is 4. The van der Waals surface area contributed by atoms with Gasteiger partial charge in [0.05, 0.1) is 37.6 Å². The number of benzene rings is 3. The summed E-state index contributed by atoms with van der Waals surface area (Å²) in [5, 5.41) is 0. The zero-order valence-electron chi connectivity index (χ0n) is 29.5. The normalized spacial score (nSPS) is 10.8. The average Bonchev–Trinajstić information content (AvgIpc) is 3.51. The van der Waals surface area contributed by atoms with Gasteiger partial charge in [0, 0.05) is 16.7 Å². The maximum Gasteiger partial charge on any atom is 0.138 e. The minimum absolute atomic E-state index is 0. The third-order valence-electron chi connectivity index (χ3n) is 7.80. The molecule has 0 fully saturated rings. The topological polar surface area (TPSA) is 63.4 Å². The Kier molecular flexibility index (Phi) is 20.5. The quantitative estimate of drug-likeness (QED) is 0.135. The molecule has 3 aromatic carbocycles. The van der Waals surface area contributed by atoms with E-state index in [1.165, 1.54) is 82.0 Å². The van der Waals surface area contributed by atoms with E-state index >= 15 is 0 Å². The first-order chi connectivity index (χ1) is 21.4. The van der Waals surface area contributed by atoms with Crippen LogP contribution in [0.3, 0.4) is 0 Å². The summed E-state index contributed by atoms with van der Waals surface area (Å²) in [7, 11) is 6.00. The van der Waals surface area contributed by atoms with Crippen LogP contribution in [-0.4, -0.2) is 72.1 Å². The summed E-state index contributed by atoms with van der Waals surface area (Å²) in [6, 6.07) is 30.9. The van der Waals surface area contributed by atoms with E-state index in [0.29, 0.717) is 0 Å². The van der Waals surface area contributed by atoms with E-state index in [-0.39, 0.29) is 5.48 Å². The molecule has 45 heavy (non-hydrogen) atoms. The maximum absolute atomic E-state index is 4.87. The Labute approximate surface area is 275 Å². The lowest BCUT2D eigenvalue weighted by atomic mass is 10.1. The van der Waals surface area contributed by atoms with E-state index in [4.69, 9.17) is 4.98 Å². The number of hydrogen-bond donors (Lipinski definition) is 1. The van der Waals surface area contributed by atoms with Gasteiger partial charge in [-0.15, -0.1) is 0 Å². The second-order valence-electron chi connectivity index (χ2n) is 12.4.